The van der Waals surface area contributed by atoms with Crippen molar-refractivity contribution >= 4 is 21.2 Å². The van der Waals surface area contributed by atoms with E-state index in [0.717, 1.165) is 18.7 Å². The van der Waals surface area contributed by atoms with Gasteiger partial charge in [0, 0.05) is 30.1 Å². The number of thiazole rings is 1. The van der Waals surface area contributed by atoms with Crippen molar-refractivity contribution in [3.63, 3.8) is 0 Å². The standard InChI is InChI=1S/C10H18N2O2S2/c1-3-16(13,14)7-9(2)11-5-4-10-6-15-8-12-10/h6,8-9,11H,3-5,7H2,1-2H3. The summed E-state index contributed by atoms with van der Waals surface area (Å²) in [7, 11) is -2.88. The Morgan fingerprint density at radius 2 is 2.31 bits per heavy atom. The van der Waals surface area contributed by atoms with Gasteiger partial charge < -0.3 is 5.32 Å². The second-order valence-electron chi connectivity index (χ2n) is 3.78. The highest BCUT2D eigenvalue weighted by molar-refractivity contribution is 7.91. The second-order valence-corrected chi connectivity index (χ2v) is 6.90. The van der Waals surface area contributed by atoms with E-state index < -0.39 is 9.84 Å². The van der Waals surface area contributed by atoms with Crippen molar-refractivity contribution in [2.45, 2.75) is 26.3 Å². The monoisotopic (exact) mass is 262 g/mol. The van der Waals surface area contributed by atoms with Gasteiger partial charge in [-0.1, -0.05) is 6.92 Å². The third-order valence-corrected chi connectivity index (χ3v) is 4.82. The summed E-state index contributed by atoms with van der Waals surface area (Å²) in [6, 6.07) is 0.00332. The molecular weight excluding hydrogens is 244 g/mol. The minimum Gasteiger partial charge on any atom is -0.313 e. The topological polar surface area (TPSA) is 59.1 Å². The molecule has 0 aliphatic carbocycles. The second kappa shape index (κ2) is 6.32. The van der Waals surface area contributed by atoms with E-state index in [1.54, 1.807) is 23.8 Å². The molecule has 1 rings (SSSR count). The van der Waals surface area contributed by atoms with Crippen LogP contribution >= 0.6 is 11.3 Å². The maximum absolute atomic E-state index is 11.4. The molecule has 0 radical (unpaired) electrons. The lowest BCUT2D eigenvalue weighted by Crippen LogP contribution is -2.34. The Hall–Kier alpha value is -0.460. The molecule has 1 unspecified atom stereocenters. The lowest BCUT2D eigenvalue weighted by molar-refractivity contribution is 0.558. The van der Waals surface area contributed by atoms with Crippen LogP contribution in [0.5, 0.6) is 0 Å². The molecule has 1 N–H and O–H groups in total. The van der Waals surface area contributed by atoms with Crippen LogP contribution in [-0.4, -0.2) is 37.5 Å². The highest BCUT2D eigenvalue weighted by atomic mass is 32.2. The fourth-order valence-electron chi connectivity index (χ4n) is 1.37. The van der Waals surface area contributed by atoms with Gasteiger partial charge in [0.1, 0.15) is 0 Å². The van der Waals surface area contributed by atoms with Gasteiger partial charge in [-0.15, -0.1) is 11.3 Å². The largest absolute Gasteiger partial charge is 0.313 e. The van der Waals surface area contributed by atoms with Gasteiger partial charge in [-0.3, -0.25) is 0 Å². The molecule has 1 aromatic rings. The number of nitrogens with zero attached hydrogens (tertiary/aromatic N) is 1. The van der Waals surface area contributed by atoms with Crippen molar-refractivity contribution in [3.05, 3.63) is 16.6 Å². The van der Waals surface area contributed by atoms with Crippen molar-refractivity contribution in [3.8, 4) is 0 Å². The van der Waals surface area contributed by atoms with E-state index in [1.165, 1.54) is 0 Å². The molecule has 92 valence electrons. The molecule has 0 aliphatic rings. The molecule has 16 heavy (non-hydrogen) atoms. The average Bonchev–Trinajstić information content (AvgIpc) is 2.70. The Bertz CT molecular complexity index is 387. The van der Waals surface area contributed by atoms with E-state index in [2.05, 4.69) is 10.3 Å². The van der Waals surface area contributed by atoms with E-state index in [9.17, 15) is 8.42 Å². The molecule has 0 saturated heterocycles. The molecule has 0 bridgehead atoms. The number of aromatic nitrogens is 1. The normalized spacial score (nSPS) is 13.9. The minimum absolute atomic E-state index is 0.00332. The third kappa shape index (κ3) is 5.05. The molecule has 0 aliphatic heterocycles. The molecule has 6 heteroatoms. The minimum atomic E-state index is -2.88. The van der Waals surface area contributed by atoms with Gasteiger partial charge in [-0.2, -0.15) is 0 Å². The van der Waals surface area contributed by atoms with Gasteiger partial charge in [-0.05, 0) is 6.92 Å². The first-order valence-corrected chi connectivity index (χ1v) is 8.11. The summed E-state index contributed by atoms with van der Waals surface area (Å²) in [6.45, 7) is 4.34. The molecule has 0 amide bonds. The lowest BCUT2D eigenvalue weighted by Gasteiger charge is -2.12. The number of hydrogen-bond donors (Lipinski definition) is 1. The molecule has 1 atom stereocenters. The molecule has 0 fully saturated rings. The summed E-state index contributed by atoms with van der Waals surface area (Å²) in [5.74, 6) is 0.422. The Morgan fingerprint density at radius 1 is 1.56 bits per heavy atom. The number of nitrogens with one attached hydrogen (secondary N) is 1. The van der Waals surface area contributed by atoms with E-state index in [1.807, 2.05) is 12.3 Å². The Kier molecular flexibility index (Phi) is 5.37. The predicted octanol–water partition coefficient (Wildman–Crippen LogP) is 1.10. The van der Waals surface area contributed by atoms with Gasteiger partial charge in [-0.25, -0.2) is 13.4 Å². The van der Waals surface area contributed by atoms with Gasteiger partial charge in [0.2, 0.25) is 0 Å². The first-order valence-electron chi connectivity index (χ1n) is 5.34. The van der Waals surface area contributed by atoms with Crippen LogP contribution in [-0.2, 0) is 16.3 Å². The van der Waals surface area contributed by atoms with Crippen molar-refractivity contribution in [1.29, 1.82) is 0 Å². The zero-order valence-electron chi connectivity index (χ0n) is 9.64. The maximum atomic E-state index is 11.4. The quantitative estimate of drug-likeness (QED) is 0.799. The van der Waals surface area contributed by atoms with Gasteiger partial charge in [0.05, 0.1) is 17.0 Å². The number of rotatable bonds is 7. The average molecular weight is 262 g/mol. The fraction of sp³-hybridized carbons (Fsp3) is 0.700. The Morgan fingerprint density at radius 3 is 2.88 bits per heavy atom. The summed E-state index contributed by atoms with van der Waals surface area (Å²) in [5.41, 5.74) is 2.86. The molecule has 0 aromatic carbocycles. The van der Waals surface area contributed by atoms with Gasteiger partial charge in [0.25, 0.3) is 0 Å². The van der Waals surface area contributed by atoms with Crippen LogP contribution in [0.15, 0.2) is 10.9 Å². The SMILES string of the molecule is CCS(=O)(=O)CC(C)NCCc1cscn1. The molecule has 1 aromatic heterocycles. The zero-order valence-corrected chi connectivity index (χ0v) is 11.3. The highest BCUT2D eigenvalue weighted by Crippen LogP contribution is 2.01. The van der Waals surface area contributed by atoms with Crippen LogP contribution in [0.1, 0.15) is 19.5 Å². The van der Waals surface area contributed by atoms with Crippen LogP contribution in [0.4, 0.5) is 0 Å². The van der Waals surface area contributed by atoms with Crippen LogP contribution in [0.25, 0.3) is 0 Å². The van der Waals surface area contributed by atoms with Gasteiger partial charge in [0.15, 0.2) is 9.84 Å². The summed E-state index contributed by atoms with van der Waals surface area (Å²) in [5, 5.41) is 5.21. The molecule has 0 spiro atoms. The molecular formula is C10H18N2O2S2. The maximum Gasteiger partial charge on any atom is 0.151 e. The summed E-state index contributed by atoms with van der Waals surface area (Å²) < 4.78 is 22.7. The fourth-order valence-corrected chi connectivity index (χ4v) is 3.07. The lowest BCUT2D eigenvalue weighted by atomic mass is 10.3. The summed E-state index contributed by atoms with van der Waals surface area (Å²) in [6.07, 6.45) is 0.847. The Labute approximate surface area is 101 Å². The number of sulfone groups is 1. The Balaban J connectivity index is 2.23. The van der Waals surface area contributed by atoms with Crippen molar-refractivity contribution in [2.24, 2.45) is 0 Å². The highest BCUT2D eigenvalue weighted by Gasteiger charge is 2.12. The first kappa shape index (κ1) is 13.6. The third-order valence-electron chi connectivity index (χ3n) is 2.30. The van der Waals surface area contributed by atoms with Crippen LogP contribution in [0, 0.1) is 0 Å². The summed E-state index contributed by atoms with van der Waals surface area (Å²) in [4.78, 5) is 4.16. The predicted molar refractivity (Wildman–Crippen MR) is 67.6 cm³/mol. The number of hydrogen-bond acceptors (Lipinski definition) is 5. The summed E-state index contributed by atoms with van der Waals surface area (Å²) >= 11 is 1.58. The van der Waals surface area contributed by atoms with E-state index in [-0.39, 0.29) is 17.5 Å². The van der Waals surface area contributed by atoms with E-state index in [0.29, 0.717) is 0 Å². The molecule has 0 saturated carbocycles. The van der Waals surface area contributed by atoms with Crippen molar-refractivity contribution < 1.29 is 8.42 Å². The van der Waals surface area contributed by atoms with Crippen molar-refractivity contribution in [1.82, 2.24) is 10.3 Å². The molecule has 1 heterocycles. The van der Waals surface area contributed by atoms with Crippen LogP contribution in [0.3, 0.4) is 0 Å². The molecule has 4 nitrogen and oxygen atoms in total. The van der Waals surface area contributed by atoms with Gasteiger partial charge >= 0.3 is 0 Å². The zero-order chi connectivity index (χ0) is 12.0. The van der Waals surface area contributed by atoms with Crippen molar-refractivity contribution in [2.75, 3.05) is 18.1 Å². The van der Waals surface area contributed by atoms with E-state index in [4.69, 9.17) is 0 Å². The van der Waals surface area contributed by atoms with Crippen LogP contribution in [0.2, 0.25) is 0 Å². The first-order chi connectivity index (χ1) is 7.53. The van der Waals surface area contributed by atoms with Crippen LogP contribution < -0.4 is 5.32 Å². The smallest absolute Gasteiger partial charge is 0.151 e. The van der Waals surface area contributed by atoms with E-state index >= 15 is 0 Å².